The molecule has 0 aliphatic heterocycles. The second-order valence-electron chi connectivity index (χ2n) is 5.50. The van der Waals surface area contributed by atoms with Gasteiger partial charge >= 0.3 is 12.1 Å². The standard InChI is InChI=1S/C18H13F3N4O2/c19-18(20,21)12-3-7-14(8-4-12)25-16-9-15(22-10-23-16)24-13-5-1-11(2-6-13)17(26)27/h1-10H,(H,26,27)(H2,22,23,24,25). The number of alkyl halides is 3. The quantitative estimate of drug-likeness (QED) is 0.601. The zero-order chi connectivity index (χ0) is 19.4. The van der Waals surface area contributed by atoms with E-state index in [1.54, 1.807) is 18.2 Å². The van der Waals surface area contributed by atoms with Crippen LogP contribution in [0.15, 0.2) is 60.9 Å². The Morgan fingerprint density at radius 2 is 1.33 bits per heavy atom. The zero-order valence-electron chi connectivity index (χ0n) is 13.7. The fourth-order valence-corrected chi connectivity index (χ4v) is 2.23. The third-order valence-electron chi connectivity index (χ3n) is 3.56. The molecule has 3 aromatic rings. The predicted octanol–water partition coefficient (Wildman–Crippen LogP) is 4.68. The van der Waals surface area contributed by atoms with Crippen molar-refractivity contribution in [2.75, 3.05) is 10.6 Å². The van der Waals surface area contributed by atoms with E-state index in [0.717, 1.165) is 12.1 Å². The first kappa shape index (κ1) is 18.2. The largest absolute Gasteiger partial charge is 0.478 e. The monoisotopic (exact) mass is 374 g/mol. The summed E-state index contributed by atoms with van der Waals surface area (Å²) in [5, 5.41) is 14.8. The number of carboxylic acid groups (broad SMARTS) is 1. The number of aromatic nitrogens is 2. The van der Waals surface area contributed by atoms with Crippen molar-refractivity contribution < 1.29 is 23.1 Å². The lowest BCUT2D eigenvalue weighted by atomic mass is 10.2. The molecule has 1 heterocycles. The highest BCUT2D eigenvalue weighted by Gasteiger charge is 2.29. The average Bonchev–Trinajstić information content (AvgIpc) is 2.62. The number of carbonyl (C=O) groups is 1. The van der Waals surface area contributed by atoms with Crippen molar-refractivity contribution >= 4 is 29.0 Å². The molecule has 0 atom stereocenters. The number of nitrogens with zero attached hydrogens (tertiary/aromatic N) is 2. The van der Waals surface area contributed by atoms with Crippen LogP contribution in [0.4, 0.5) is 36.2 Å². The topological polar surface area (TPSA) is 87.1 Å². The minimum atomic E-state index is -4.39. The van der Waals surface area contributed by atoms with Crippen LogP contribution in [0.3, 0.4) is 0 Å². The number of rotatable bonds is 5. The molecule has 6 nitrogen and oxygen atoms in total. The number of carboxylic acids is 1. The Labute approximate surface area is 151 Å². The highest BCUT2D eigenvalue weighted by molar-refractivity contribution is 5.88. The molecule has 138 valence electrons. The van der Waals surface area contributed by atoms with E-state index in [1.165, 1.54) is 30.6 Å². The molecule has 3 rings (SSSR count). The van der Waals surface area contributed by atoms with Crippen molar-refractivity contribution in [3.63, 3.8) is 0 Å². The lowest BCUT2D eigenvalue weighted by Gasteiger charge is -2.10. The highest BCUT2D eigenvalue weighted by Crippen LogP contribution is 2.30. The number of benzene rings is 2. The number of hydrogen-bond acceptors (Lipinski definition) is 5. The maximum absolute atomic E-state index is 12.6. The molecule has 0 amide bonds. The van der Waals surface area contributed by atoms with Gasteiger partial charge in [-0.3, -0.25) is 0 Å². The van der Waals surface area contributed by atoms with Crippen molar-refractivity contribution in [3.05, 3.63) is 72.1 Å². The first-order chi connectivity index (χ1) is 12.8. The van der Waals surface area contributed by atoms with Gasteiger partial charge in [-0.25, -0.2) is 14.8 Å². The van der Waals surface area contributed by atoms with Crippen LogP contribution in [-0.2, 0) is 6.18 Å². The summed E-state index contributed by atoms with van der Waals surface area (Å²) in [4.78, 5) is 18.9. The Bertz CT molecular complexity index is 942. The molecule has 0 unspecified atom stereocenters. The van der Waals surface area contributed by atoms with Crippen LogP contribution < -0.4 is 10.6 Å². The minimum absolute atomic E-state index is 0.160. The molecule has 1 aromatic heterocycles. The molecule has 27 heavy (non-hydrogen) atoms. The molecule has 9 heteroatoms. The van der Waals surface area contributed by atoms with E-state index in [2.05, 4.69) is 20.6 Å². The van der Waals surface area contributed by atoms with Crippen LogP contribution in [0.2, 0.25) is 0 Å². The molecule has 0 saturated carbocycles. The van der Waals surface area contributed by atoms with Crippen LogP contribution in [-0.4, -0.2) is 21.0 Å². The third-order valence-corrected chi connectivity index (χ3v) is 3.56. The van der Waals surface area contributed by atoms with Gasteiger partial charge in [0.1, 0.15) is 18.0 Å². The van der Waals surface area contributed by atoms with Gasteiger partial charge in [-0.05, 0) is 48.5 Å². The van der Waals surface area contributed by atoms with Crippen LogP contribution >= 0.6 is 0 Å². The Morgan fingerprint density at radius 3 is 1.78 bits per heavy atom. The lowest BCUT2D eigenvalue weighted by Crippen LogP contribution is -2.04. The first-order valence-corrected chi connectivity index (χ1v) is 7.68. The summed E-state index contributed by atoms with van der Waals surface area (Å²) in [5.41, 5.74) is 0.494. The molecule has 0 fully saturated rings. The molecule has 0 spiro atoms. The summed E-state index contributed by atoms with van der Waals surface area (Å²) in [7, 11) is 0. The second-order valence-corrected chi connectivity index (χ2v) is 5.50. The first-order valence-electron chi connectivity index (χ1n) is 7.68. The van der Waals surface area contributed by atoms with E-state index in [0.29, 0.717) is 23.0 Å². The zero-order valence-corrected chi connectivity index (χ0v) is 13.7. The predicted molar refractivity (Wildman–Crippen MR) is 93.4 cm³/mol. The Morgan fingerprint density at radius 1 is 0.852 bits per heavy atom. The van der Waals surface area contributed by atoms with Gasteiger partial charge in [0, 0.05) is 17.4 Å². The maximum Gasteiger partial charge on any atom is 0.416 e. The van der Waals surface area contributed by atoms with E-state index < -0.39 is 17.7 Å². The van der Waals surface area contributed by atoms with Crippen molar-refractivity contribution in [1.29, 1.82) is 0 Å². The van der Waals surface area contributed by atoms with E-state index in [4.69, 9.17) is 5.11 Å². The van der Waals surface area contributed by atoms with Crippen molar-refractivity contribution in [1.82, 2.24) is 9.97 Å². The van der Waals surface area contributed by atoms with E-state index in [1.807, 2.05) is 0 Å². The second kappa shape index (κ2) is 7.32. The summed E-state index contributed by atoms with van der Waals surface area (Å²) < 4.78 is 37.8. The smallest absolute Gasteiger partial charge is 0.416 e. The number of halogens is 3. The minimum Gasteiger partial charge on any atom is -0.478 e. The number of aromatic carboxylic acids is 1. The summed E-state index contributed by atoms with van der Waals surface area (Å²) in [6.07, 6.45) is -3.10. The molecule has 2 aromatic carbocycles. The van der Waals surface area contributed by atoms with E-state index >= 15 is 0 Å². The molecule has 0 aliphatic carbocycles. The average molecular weight is 374 g/mol. The number of nitrogens with one attached hydrogen (secondary N) is 2. The van der Waals surface area contributed by atoms with Gasteiger partial charge in [-0.2, -0.15) is 13.2 Å². The molecular weight excluding hydrogens is 361 g/mol. The van der Waals surface area contributed by atoms with Crippen molar-refractivity contribution in [3.8, 4) is 0 Å². The SMILES string of the molecule is O=C(O)c1ccc(Nc2cc(Nc3ccc(C(F)(F)F)cc3)ncn2)cc1. The van der Waals surface area contributed by atoms with Gasteiger partial charge in [0.25, 0.3) is 0 Å². The summed E-state index contributed by atoms with van der Waals surface area (Å²) >= 11 is 0. The van der Waals surface area contributed by atoms with Crippen LogP contribution in [0.25, 0.3) is 0 Å². The van der Waals surface area contributed by atoms with Crippen molar-refractivity contribution in [2.45, 2.75) is 6.18 Å². The molecule has 0 radical (unpaired) electrons. The molecular formula is C18H13F3N4O2. The lowest BCUT2D eigenvalue weighted by molar-refractivity contribution is -0.137. The fraction of sp³-hybridized carbons (Fsp3) is 0.0556. The van der Waals surface area contributed by atoms with Crippen LogP contribution in [0, 0.1) is 0 Å². The highest BCUT2D eigenvalue weighted by atomic mass is 19.4. The molecule has 3 N–H and O–H groups in total. The van der Waals surface area contributed by atoms with Gasteiger partial charge in [0.15, 0.2) is 0 Å². The maximum atomic E-state index is 12.6. The fourth-order valence-electron chi connectivity index (χ4n) is 2.23. The molecule has 0 saturated heterocycles. The summed E-state index contributed by atoms with van der Waals surface area (Å²) in [6, 6.07) is 12.2. The van der Waals surface area contributed by atoms with Gasteiger partial charge < -0.3 is 15.7 Å². The van der Waals surface area contributed by atoms with Gasteiger partial charge in [0.2, 0.25) is 0 Å². The normalized spacial score (nSPS) is 11.1. The summed E-state index contributed by atoms with van der Waals surface area (Å²) in [6.45, 7) is 0. The van der Waals surface area contributed by atoms with E-state index in [-0.39, 0.29) is 5.56 Å². The number of anilines is 4. The van der Waals surface area contributed by atoms with Crippen LogP contribution in [0.5, 0.6) is 0 Å². The van der Waals surface area contributed by atoms with Gasteiger partial charge in [-0.15, -0.1) is 0 Å². The van der Waals surface area contributed by atoms with Crippen LogP contribution in [0.1, 0.15) is 15.9 Å². The third kappa shape index (κ3) is 4.72. The number of hydrogen-bond donors (Lipinski definition) is 3. The van der Waals surface area contributed by atoms with E-state index in [9.17, 15) is 18.0 Å². The molecule has 0 aliphatic rings. The van der Waals surface area contributed by atoms with Crippen molar-refractivity contribution in [2.24, 2.45) is 0 Å². The Balaban J connectivity index is 1.71. The summed E-state index contributed by atoms with van der Waals surface area (Å²) in [5.74, 6) is -0.205. The Kier molecular flexibility index (Phi) is 4.93. The van der Waals surface area contributed by atoms with Gasteiger partial charge in [-0.1, -0.05) is 0 Å². The Hall–Kier alpha value is -3.62. The molecule has 0 bridgehead atoms. The van der Waals surface area contributed by atoms with Gasteiger partial charge in [0.05, 0.1) is 11.1 Å².